The normalized spacial score (nSPS) is 19.2. The van der Waals surface area contributed by atoms with Gasteiger partial charge in [0.25, 0.3) is 0 Å². The number of halogens is 1. The van der Waals surface area contributed by atoms with Gasteiger partial charge in [0, 0.05) is 25.3 Å². The standard InChI is InChI=1S/C17H27N3.ClH/c1-19(2)12-14-7-10-20(11-8-14)13-16-5-3-4-15-6-9-18-17(15)16;/h3-5,14,18H,6-13H2,1-2H3;1H. The average Bonchev–Trinajstić information content (AvgIpc) is 2.90. The van der Waals surface area contributed by atoms with E-state index < -0.39 is 0 Å². The fourth-order valence-electron chi connectivity index (χ4n) is 3.63. The van der Waals surface area contributed by atoms with Crippen LogP contribution in [0.5, 0.6) is 0 Å². The molecule has 3 rings (SSSR count). The highest BCUT2D eigenvalue weighted by molar-refractivity contribution is 5.85. The van der Waals surface area contributed by atoms with Crippen LogP contribution in [0.3, 0.4) is 0 Å². The van der Waals surface area contributed by atoms with E-state index in [4.69, 9.17) is 0 Å². The second-order valence-electron chi connectivity index (χ2n) is 6.61. The fraction of sp³-hybridized carbons (Fsp3) is 0.647. The lowest BCUT2D eigenvalue weighted by Crippen LogP contribution is -2.36. The Hall–Kier alpha value is -0.770. The van der Waals surface area contributed by atoms with Gasteiger partial charge in [-0.15, -0.1) is 12.4 Å². The van der Waals surface area contributed by atoms with Gasteiger partial charge in [0.15, 0.2) is 0 Å². The summed E-state index contributed by atoms with van der Waals surface area (Å²) >= 11 is 0. The Morgan fingerprint density at radius 1 is 1.24 bits per heavy atom. The Morgan fingerprint density at radius 2 is 2.00 bits per heavy atom. The Morgan fingerprint density at radius 3 is 2.71 bits per heavy atom. The number of likely N-dealkylation sites (tertiary alicyclic amines) is 1. The first-order chi connectivity index (χ1) is 9.72. The Bertz CT molecular complexity index is 453. The molecule has 1 saturated heterocycles. The number of hydrogen-bond acceptors (Lipinski definition) is 3. The van der Waals surface area contributed by atoms with E-state index in [-0.39, 0.29) is 12.4 Å². The summed E-state index contributed by atoms with van der Waals surface area (Å²) in [5.41, 5.74) is 4.42. The smallest absolute Gasteiger partial charge is 0.0419 e. The van der Waals surface area contributed by atoms with E-state index in [9.17, 15) is 0 Å². The summed E-state index contributed by atoms with van der Waals surface area (Å²) in [5.74, 6) is 0.890. The first kappa shape index (κ1) is 16.6. The molecule has 0 radical (unpaired) electrons. The second kappa shape index (κ2) is 7.48. The third kappa shape index (κ3) is 4.12. The molecule has 0 spiro atoms. The summed E-state index contributed by atoms with van der Waals surface area (Å²) in [5, 5.41) is 3.56. The molecule has 0 aromatic heterocycles. The van der Waals surface area contributed by atoms with Crippen molar-refractivity contribution in [2.45, 2.75) is 25.8 Å². The maximum atomic E-state index is 3.56. The summed E-state index contributed by atoms with van der Waals surface area (Å²) in [7, 11) is 4.37. The molecule has 2 heterocycles. The third-order valence-electron chi connectivity index (χ3n) is 4.66. The number of benzene rings is 1. The summed E-state index contributed by atoms with van der Waals surface area (Å²) in [4.78, 5) is 4.95. The Balaban J connectivity index is 0.00000161. The highest BCUT2D eigenvalue weighted by atomic mass is 35.5. The van der Waals surface area contributed by atoms with Gasteiger partial charge in [-0.1, -0.05) is 18.2 Å². The van der Waals surface area contributed by atoms with E-state index >= 15 is 0 Å². The largest absolute Gasteiger partial charge is 0.384 e. The molecule has 1 fully saturated rings. The molecule has 0 atom stereocenters. The lowest BCUT2D eigenvalue weighted by Gasteiger charge is -2.33. The molecule has 0 unspecified atom stereocenters. The molecule has 3 nitrogen and oxygen atoms in total. The second-order valence-corrected chi connectivity index (χ2v) is 6.61. The molecular formula is C17H28ClN3. The molecule has 118 valence electrons. The van der Waals surface area contributed by atoms with Gasteiger partial charge < -0.3 is 10.2 Å². The van der Waals surface area contributed by atoms with Gasteiger partial charge >= 0.3 is 0 Å². The third-order valence-corrected chi connectivity index (χ3v) is 4.66. The van der Waals surface area contributed by atoms with Crippen molar-refractivity contribution in [3.8, 4) is 0 Å². The number of piperidine rings is 1. The molecule has 0 saturated carbocycles. The van der Waals surface area contributed by atoms with Crippen LogP contribution in [-0.4, -0.2) is 50.1 Å². The van der Waals surface area contributed by atoms with Crippen LogP contribution in [0.1, 0.15) is 24.0 Å². The maximum absolute atomic E-state index is 3.56. The zero-order valence-corrected chi connectivity index (χ0v) is 14.1. The monoisotopic (exact) mass is 309 g/mol. The molecule has 0 amide bonds. The van der Waals surface area contributed by atoms with Gasteiger partial charge in [-0.2, -0.15) is 0 Å². The number of rotatable bonds is 4. The molecule has 0 aliphatic carbocycles. The number of nitrogens with one attached hydrogen (secondary N) is 1. The number of fused-ring (bicyclic) bond motifs is 1. The minimum atomic E-state index is 0. The molecule has 1 N–H and O–H groups in total. The van der Waals surface area contributed by atoms with Crippen LogP contribution in [0.2, 0.25) is 0 Å². The predicted octanol–water partition coefficient (Wildman–Crippen LogP) is 2.85. The molecule has 0 bridgehead atoms. The van der Waals surface area contributed by atoms with Crippen LogP contribution in [0.4, 0.5) is 5.69 Å². The van der Waals surface area contributed by atoms with E-state index in [2.05, 4.69) is 47.4 Å². The van der Waals surface area contributed by atoms with Crippen LogP contribution < -0.4 is 5.32 Å². The quantitative estimate of drug-likeness (QED) is 0.922. The zero-order chi connectivity index (χ0) is 13.9. The maximum Gasteiger partial charge on any atom is 0.0419 e. The van der Waals surface area contributed by atoms with Crippen molar-refractivity contribution < 1.29 is 0 Å². The molecule has 1 aromatic rings. The van der Waals surface area contributed by atoms with E-state index in [1.165, 1.54) is 55.7 Å². The number of hydrogen-bond donors (Lipinski definition) is 1. The van der Waals surface area contributed by atoms with Gasteiger partial charge in [0.2, 0.25) is 0 Å². The van der Waals surface area contributed by atoms with E-state index in [0.29, 0.717) is 0 Å². The van der Waals surface area contributed by atoms with Gasteiger partial charge in [0.05, 0.1) is 0 Å². The number of nitrogens with zero attached hydrogens (tertiary/aromatic N) is 2. The predicted molar refractivity (Wildman–Crippen MR) is 92.4 cm³/mol. The van der Waals surface area contributed by atoms with Crippen LogP contribution in [0, 0.1) is 5.92 Å². The van der Waals surface area contributed by atoms with Crippen molar-refractivity contribution in [1.82, 2.24) is 9.80 Å². The average molecular weight is 310 g/mol. The highest BCUT2D eigenvalue weighted by Gasteiger charge is 2.21. The van der Waals surface area contributed by atoms with Crippen LogP contribution in [0.25, 0.3) is 0 Å². The van der Waals surface area contributed by atoms with Crippen LogP contribution in [0.15, 0.2) is 18.2 Å². The van der Waals surface area contributed by atoms with Crippen molar-refractivity contribution in [2.24, 2.45) is 5.92 Å². The van der Waals surface area contributed by atoms with Crippen LogP contribution in [-0.2, 0) is 13.0 Å². The summed E-state index contributed by atoms with van der Waals surface area (Å²) in [6.45, 7) is 5.97. The fourth-order valence-corrected chi connectivity index (χ4v) is 3.63. The zero-order valence-electron chi connectivity index (χ0n) is 13.3. The van der Waals surface area contributed by atoms with E-state index in [1.807, 2.05) is 0 Å². The van der Waals surface area contributed by atoms with Crippen molar-refractivity contribution in [1.29, 1.82) is 0 Å². The molecule has 1 aromatic carbocycles. The lowest BCUT2D eigenvalue weighted by molar-refractivity contribution is 0.157. The number of anilines is 1. The molecule has 21 heavy (non-hydrogen) atoms. The van der Waals surface area contributed by atoms with Crippen molar-refractivity contribution in [3.63, 3.8) is 0 Å². The first-order valence-corrected chi connectivity index (χ1v) is 7.94. The minimum Gasteiger partial charge on any atom is -0.384 e. The molecule has 2 aliphatic rings. The SMILES string of the molecule is CN(C)CC1CCN(Cc2cccc3c2NCC3)CC1.Cl. The van der Waals surface area contributed by atoms with E-state index in [1.54, 1.807) is 0 Å². The summed E-state index contributed by atoms with van der Waals surface area (Å²) < 4.78 is 0. The van der Waals surface area contributed by atoms with Gasteiger partial charge in [-0.3, -0.25) is 4.90 Å². The van der Waals surface area contributed by atoms with Crippen molar-refractivity contribution >= 4 is 18.1 Å². The summed E-state index contributed by atoms with van der Waals surface area (Å²) in [6, 6.07) is 6.78. The Labute approximate surface area is 135 Å². The van der Waals surface area contributed by atoms with E-state index in [0.717, 1.165) is 19.0 Å². The van der Waals surface area contributed by atoms with Crippen molar-refractivity contribution in [3.05, 3.63) is 29.3 Å². The van der Waals surface area contributed by atoms with Gasteiger partial charge in [0.1, 0.15) is 0 Å². The van der Waals surface area contributed by atoms with Crippen LogP contribution >= 0.6 is 12.4 Å². The minimum absolute atomic E-state index is 0. The molecule has 4 heteroatoms. The molecule has 2 aliphatic heterocycles. The number of para-hydroxylation sites is 1. The topological polar surface area (TPSA) is 18.5 Å². The summed E-state index contributed by atoms with van der Waals surface area (Å²) in [6.07, 6.45) is 3.88. The first-order valence-electron chi connectivity index (χ1n) is 7.94. The molecular weight excluding hydrogens is 282 g/mol. The van der Waals surface area contributed by atoms with Crippen molar-refractivity contribution in [2.75, 3.05) is 45.6 Å². The highest BCUT2D eigenvalue weighted by Crippen LogP contribution is 2.28. The van der Waals surface area contributed by atoms with Gasteiger partial charge in [-0.05, 0) is 63.5 Å². The van der Waals surface area contributed by atoms with Gasteiger partial charge in [-0.25, -0.2) is 0 Å². The lowest BCUT2D eigenvalue weighted by atomic mass is 9.96. The Kier molecular flexibility index (Phi) is 5.91.